The van der Waals surface area contributed by atoms with E-state index in [4.69, 9.17) is 14.2 Å². The van der Waals surface area contributed by atoms with Crippen molar-refractivity contribution in [2.45, 2.75) is 0 Å². The molecular weight excluding hydrogens is 516 g/mol. The Morgan fingerprint density at radius 2 is 1.73 bits per heavy atom. The molecule has 0 spiro atoms. The van der Waals surface area contributed by atoms with Crippen LogP contribution < -0.4 is 19.8 Å². The zero-order valence-corrected chi connectivity index (χ0v) is 20.6. The second kappa shape index (κ2) is 10.1. The summed E-state index contributed by atoms with van der Waals surface area (Å²) in [6, 6.07) is 23.9. The molecule has 5 aromatic rings. The second-order valence-electron chi connectivity index (χ2n) is 8.61. The minimum Gasteiger partial charge on any atom is -0.454 e. The van der Waals surface area contributed by atoms with Crippen LogP contribution in [0.3, 0.4) is 0 Å². The fraction of sp³-hybridized carbons (Fsp3) is 0.0345. The number of nitro benzene ring substituents is 1. The maximum absolute atomic E-state index is 13.5. The third kappa shape index (κ3) is 4.63. The summed E-state index contributed by atoms with van der Waals surface area (Å²) in [6.45, 7) is 0.0813. The fourth-order valence-corrected chi connectivity index (χ4v) is 4.13. The Balaban J connectivity index is 1.38. The van der Waals surface area contributed by atoms with Gasteiger partial charge >= 0.3 is 5.97 Å². The van der Waals surface area contributed by atoms with E-state index in [-0.39, 0.29) is 29.6 Å². The lowest BCUT2D eigenvalue weighted by Gasteiger charge is -2.10. The van der Waals surface area contributed by atoms with Crippen LogP contribution in [0, 0.1) is 10.1 Å². The summed E-state index contributed by atoms with van der Waals surface area (Å²) < 4.78 is 17.4. The van der Waals surface area contributed by atoms with Crippen molar-refractivity contribution in [1.82, 2.24) is 9.66 Å². The Kier molecular flexibility index (Phi) is 6.21. The van der Waals surface area contributed by atoms with Crippen molar-refractivity contribution in [3.63, 3.8) is 0 Å². The molecule has 40 heavy (non-hydrogen) atoms. The Hall–Kier alpha value is -5.84. The summed E-state index contributed by atoms with van der Waals surface area (Å²) in [6.07, 6.45) is 1.38. The molecule has 196 valence electrons. The molecule has 0 N–H and O–H groups in total. The van der Waals surface area contributed by atoms with E-state index < -0.39 is 16.5 Å². The highest BCUT2D eigenvalue weighted by atomic mass is 16.7. The van der Waals surface area contributed by atoms with Gasteiger partial charge in [-0.1, -0.05) is 24.3 Å². The van der Waals surface area contributed by atoms with Gasteiger partial charge in [0.1, 0.15) is 5.75 Å². The number of ether oxygens (including phenoxy) is 3. The van der Waals surface area contributed by atoms with Crippen LogP contribution in [0.1, 0.15) is 15.9 Å². The quantitative estimate of drug-likeness (QED) is 0.0997. The minimum absolute atomic E-state index is 0.0813. The van der Waals surface area contributed by atoms with Gasteiger partial charge in [-0.15, -0.1) is 0 Å². The molecule has 4 aromatic carbocycles. The standard InChI is InChI=1S/C29H18N4O7/c34-28-22-6-2-3-7-23(22)31-27(18-9-12-21(13-10-18)33(36)37)32(28)30-16-20-5-1-4-8-24(20)40-29(35)19-11-14-25-26(15-19)39-17-38-25/h1-16H,17H2. The Morgan fingerprint density at radius 3 is 2.55 bits per heavy atom. The van der Waals surface area contributed by atoms with Gasteiger partial charge < -0.3 is 14.2 Å². The number of para-hydroxylation sites is 2. The third-order valence-corrected chi connectivity index (χ3v) is 6.13. The van der Waals surface area contributed by atoms with Crippen LogP contribution in [0.4, 0.5) is 5.69 Å². The number of benzene rings is 4. The molecule has 0 saturated heterocycles. The van der Waals surface area contributed by atoms with Crippen LogP contribution in [0.2, 0.25) is 0 Å². The number of fused-ring (bicyclic) bond motifs is 2. The zero-order chi connectivity index (χ0) is 27.6. The topological polar surface area (TPSA) is 135 Å². The van der Waals surface area contributed by atoms with Crippen molar-refractivity contribution >= 4 is 28.8 Å². The lowest BCUT2D eigenvalue weighted by atomic mass is 10.1. The number of esters is 1. The van der Waals surface area contributed by atoms with Crippen molar-refractivity contribution in [2.75, 3.05) is 6.79 Å². The molecule has 2 heterocycles. The van der Waals surface area contributed by atoms with Crippen molar-refractivity contribution < 1.29 is 23.9 Å². The normalized spacial score (nSPS) is 12.1. The molecule has 1 aliphatic rings. The van der Waals surface area contributed by atoms with E-state index in [9.17, 15) is 19.7 Å². The van der Waals surface area contributed by atoms with Gasteiger partial charge in [-0.05, 0) is 54.6 Å². The smallest absolute Gasteiger partial charge is 0.343 e. The minimum atomic E-state index is -0.616. The van der Waals surface area contributed by atoms with Crippen molar-refractivity contribution in [2.24, 2.45) is 5.10 Å². The number of aromatic nitrogens is 2. The molecule has 0 atom stereocenters. The molecule has 0 unspecified atom stereocenters. The highest BCUT2D eigenvalue weighted by Gasteiger charge is 2.19. The number of hydrogen-bond acceptors (Lipinski definition) is 9. The van der Waals surface area contributed by atoms with Crippen LogP contribution >= 0.6 is 0 Å². The van der Waals surface area contributed by atoms with Gasteiger partial charge in [0, 0.05) is 23.3 Å². The van der Waals surface area contributed by atoms with Crippen molar-refractivity contribution in [3.8, 4) is 28.6 Å². The van der Waals surface area contributed by atoms with Gasteiger partial charge in [0.05, 0.1) is 27.6 Å². The summed E-state index contributed by atoms with van der Waals surface area (Å²) in [7, 11) is 0. The molecule has 0 bridgehead atoms. The van der Waals surface area contributed by atoms with E-state index in [0.29, 0.717) is 33.5 Å². The maximum atomic E-state index is 13.5. The molecule has 0 fully saturated rings. The molecule has 11 heteroatoms. The lowest BCUT2D eigenvalue weighted by molar-refractivity contribution is -0.384. The van der Waals surface area contributed by atoms with Crippen LogP contribution in [0.25, 0.3) is 22.3 Å². The molecule has 0 radical (unpaired) electrons. The van der Waals surface area contributed by atoms with Gasteiger partial charge in [-0.3, -0.25) is 14.9 Å². The lowest BCUT2D eigenvalue weighted by Crippen LogP contribution is -2.20. The molecule has 0 amide bonds. The van der Waals surface area contributed by atoms with Gasteiger partial charge in [0.25, 0.3) is 11.2 Å². The first-order valence-corrected chi connectivity index (χ1v) is 12.0. The molecule has 1 aliphatic heterocycles. The predicted octanol–water partition coefficient (Wildman–Crippen LogP) is 4.80. The first-order valence-electron chi connectivity index (χ1n) is 12.0. The Labute approximate surface area is 225 Å². The first-order chi connectivity index (χ1) is 19.5. The van der Waals surface area contributed by atoms with Gasteiger partial charge in [-0.25, -0.2) is 9.78 Å². The summed E-state index contributed by atoms with van der Waals surface area (Å²) >= 11 is 0. The zero-order valence-electron chi connectivity index (χ0n) is 20.6. The van der Waals surface area contributed by atoms with Crippen LogP contribution in [0.15, 0.2) is 101 Å². The van der Waals surface area contributed by atoms with E-state index >= 15 is 0 Å². The van der Waals surface area contributed by atoms with Gasteiger partial charge in [0.2, 0.25) is 6.79 Å². The maximum Gasteiger partial charge on any atom is 0.343 e. The summed E-state index contributed by atoms with van der Waals surface area (Å²) in [5, 5.41) is 15.9. The van der Waals surface area contributed by atoms with Crippen LogP contribution in [-0.4, -0.2) is 33.6 Å². The Bertz CT molecular complexity index is 1880. The molecular formula is C29H18N4O7. The van der Waals surface area contributed by atoms with E-state index in [0.717, 1.165) is 4.68 Å². The molecule has 11 nitrogen and oxygen atoms in total. The summed E-state index contributed by atoms with van der Waals surface area (Å²) in [4.78, 5) is 41.5. The summed E-state index contributed by atoms with van der Waals surface area (Å²) in [5.41, 5.74) is 1.06. The van der Waals surface area contributed by atoms with Gasteiger partial charge in [0.15, 0.2) is 17.3 Å². The molecule has 6 rings (SSSR count). The predicted molar refractivity (Wildman–Crippen MR) is 145 cm³/mol. The van der Waals surface area contributed by atoms with Crippen molar-refractivity contribution in [1.29, 1.82) is 0 Å². The van der Waals surface area contributed by atoms with E-state index in [1.807, 2.05) is 0 Å². The number of carbonyl (C=O) groups is 1. The van der Waals surface area contributed by atoms with E-state index in [1.165, 1.54) is 36.5 Å². The number of carbonyl (C=O) groups excluding carboxylic acids is 1. The number of hydrogen-bond donors (Lipinski definition) is 0. The molecule has 0 saturated carbocycles. The van der Waals surface area contributed by atoms with E-state index in [1.54, 1.807) is 60.7 Å². The monoisotopic (exact) mass is 534 g/mol. The second-order valence-corrected chi connectivity index (χ2v) is 8.61. The number of non-ortho nitro benzene ring substituents is 1. The average Bonchev–Trinajstić information content (AvgIpc) is 3.45. The van der Waals surface area contributed by atoms with Gasteiger partial charge in [-0.2, -0.15) is 9.78 Å². The number of rotatable bonds is 6. The fourth-order valence-electron chi connectivity index (χ4n) is 4.13. The number of nitrogens with zero attached hydrogens (tertiary/aromatic N) is 4. The first kappa shape index (κ1) is 24.5. The number of nitro groups is 1. The highest BCUT2D eigenvalue weighted by molar-refractivity contribution is 5.94. The Morgan fingerprint density at radius 1 is 0.975 bits per heavy atom. The average molecular weight is 534 g/mol. The van der Waals surface area contributed by atoms with Crippen molar-refractivity contribution in [3.05, 3.63) is 123 Å². The molecule has 1 aromatic heterocycles. The highest BCUT2D eigenvalue weighted by Crippen LogP contribution is 2.33. The van der Waals surface area contributed by atoms with Crippen LogP contribution in [0.5, 0.6) is 17.2 Å². The van der Waals surface area contributed by atoms with Crippen LogP contribution in [-0.2, 0) is 0 Å². The largest absolute Gasteiger partial charge is 0.454 e. The third-order valence-electron chi connectivity index (χ3n) is 6.13. The SMILES string of the molecule is O=C(Oc1ccccc1C=Nn1c(-c2ccc([N+](=O)[O-])cc2)nc2ccccc2c1=O)c1ccc2c(c1)OCO2. The van der Waals surface area contributed by atoms with E-state index in [2.05, 4.69) is 10.1 Å². The summed E-state index contributed by atoms with van der Waals surface area (Å²) in [5.74, 6) is 0.779. The molecule has 0 aliphatic carbocycles.